The molecule has 0 aliphatic carbocycles. The van der Waals surface area contributed by atoms with Crippen molar-refractivity contribution in [2.24, 2.45) is 0 Å². The number of piperidine rings is 1. The van der Waals surface area contributed by atoms with Crippen LogP contribution in [0.15, 0.2) is 18.2 Å². The molecule has 1 aromatic carbocycles. The van der Waals surface area contributed by atoms with E-state index in [0.29, 0.717) is 17.7 Å². The van der Waals surface area contributed by atoms with Crippen molar-refractivity contribution in [3.63, 3.8) is 0 Å². The second-order valence-electron chi connectivity index (χ2n) is 5.32. The summed E-state index contributed by atoms with van der Waals surface area (Å²) in [4.78, 5) is 0. The van der Waals surface area contributed by atoms with Gasteiger partial charge in [0.1, 0.15) is 5.82 Å². The van der Waals surface area contributed by atoms with Crippen LogP contribution in [0.3, 0.4) is 0 Å². The summed E-state index contributed by atoms with van der Waals surface area (Å²) in [7, 11) is -3.38. The Morgan fingerprint density at radius 3 is 2.85 bits per heavy atom. The zero-order valence-electron chi connectivity index (χ0n) is 11.7. The highest BCUT2D eigenvalue weighted by atomic mass is 32.2. The monoisotopic (exact) mass is 300 g/mol. The summed E-state index contributed by atoms with van der Waals surface area (Å²) in [6.07, 6.45) is 3.96. The molecule has 1 aliphatic rings. The molecular weight excluding hydrogens is 279 g/mol. The normalized spacial score (nSPS) is 19.8. The minimum Gasteiger partial charge on any atom is -0.314 e. The molecule has 0 saturated carbocycles. The standard InChI is InChI=1S/C14H21FN2O2S/c1-11-10-13(5-6-14(11)15)17-20(18,19)9-7-12-4-2-3-8-16-12/h5-6,10,12,16-17H,2-4,7-9H2,1H3. The lowest BCUT2D eigenvalue weighted by molar-refractivity contribution is 0.393. The maximum absolute atomic E-state index is 13.1. The molecule has 1 aliphatic heterocycles. The Hall–Kier alpha value is -1.14. The molecule has 2 N–H and O–H groups in total. The number of hydrogen-bond acceptors (Lipinski definition) is 3. The second kappa shape index (κ2) is 6.54. The number of hydrogen-bond donors (Lipinski definition) is 2. The summed E-state index contributed by atoms with van der Waals surface area (Å²) in [5.74, 6) is -0.250. The van der Waals surface area contributed by atoms with Gasteiger partial charge in [0.05, 0.1) is 5.75 Å². The Morgan fingerprint density at radius 1 is 1.40 bits per heavy atom. The minimum absolute atomic E-state index is 0.0844. The first-order chi connectivity index (χ1) is 9.46. The first-order valence-electron chi connectivity index (χ1n) is 6.96. The van der Waals surface area contributed by atoms with Gasteiger partial charge in [0.25, 0.3) is 0 Å². The van der Waals surface area contributed by atoms with E-state index in [1.807, 2.05) is 0 Å². The number of benzene rings is 1. The molecule has 4 nitrogen and oxygen atoms in total. The van der Waals surface area contributed by atoms with Crippen molar-refractivity contribution in [1.29, 1.82) is 0 Å². The highest BCUT2D eigenvalue weighted by molar-refractivity contribution is 7.92. The molecule has 1 heterocycles. The lowest BCUT2D eigenvalue weighted by Gasteiger charge is -2.23. The highest BCUT2D eigenvalue weighted by Gasteiger charge is 2.17. The molecular formula is C14H21FN2O2S. The van der Waals surface area contributed by atoms with Crippen LogP contribution in [0.4, 0.5) is 10.1 Å². The van der Waals surface area contributed by atoms with Gasteiger partial charge in [0.15, 0.2) is 0 Å². The number of aryl methyl sites for hydroxylation is 1. The van der Waals surface area contributed by atoms with Gasteiger partial charge in [0, 0.05) is 11.7 Å². The molecule has 2 rings (SSSR count). The maximum Gasteiger partial charge on any atom is 0.232 e. The van der Waals surface area contributed by atoms with E-state index < -0.39 is 10.0 Å². The summed E-state index contributed by atoms with van der Waals surface area (Å²) in [5.41, 5.74) is 0.847. The Kier molecular flexibility index (Phi) is 4.99. The number of sulfonamides is 1. The second-order valence-corrected chi connectivity index (χ2v) is 7.16. The number of anilines is 1. The van der Waals surface area contributed by atoms with E-state index in [-0.39, 0.29) is 17.6 Å². The van der Waals surface area contributed by atoms with Crippen molar-refractivity contribution in [2.45, 2.75) is 38.6 Å². The largest absolute Gasteiger partial charge is 0.314 e. The third-order valence-corrected chi connectivity index (χ3v) is 4.90. The van der Waals surface area contributed by atoms with Gasteiger partial charge in [-0.15, -0.1) is 0 Å². The fourth-order valence-corrected chi connectivity index (χ4v) is 3.59. The zero-order valence-corrected chi connectivity index (χ0v) is 12.5. The van der Waals surface area contributed by atoms with Crippen LogP contribution in [0.1, 0.15) is 31.2 Å². The quantitative estimate of drug-likeness (QED) is 0.878. The van der Waals surface area contributed by atoms with Crippen LogP contribution in [-0.4, -0.2) is 26.8 Å². The number of halogens is 1. The van der Waals surface area contributed by atoms with Crippen LogP contribution in [-0.2, 0) is 10.0 Å². The fourth-order valence-electron chi connectivity index (χ4n) is 2.41. The fraction of sp³-hybridized carbons (Fsp3) is 0.571. The predicted molar refractivity (Wildman–Crippen MR) is 78.8 cm³/mol. The van der Waals surface area contributed by atoms with Crippen molar-refractivity contribution in [1.82, 2.24) is 5.32 Å². The molecule has 0 amide bonds. The van der Waals surface area contributed by atoms with Crippen LogP contribution < -0.4 is 10.0 Å². The van der Waals surface area contributed by atoms with Crippen molar-refractivity contribution >= 4 is 15.7 Å². The maximum atomic E-state index is 13.1. The molecule has 20 heavy (non-hydrogen) atoms. The van der Waals surface area contributed by atoms with Crippen LogP contribution in [0.25, 0.3) is 0 Å². The Balaban J connectivity index is 1.91. The van der Waals surface area contributed by atoms with Gasteiger partial charge in [0.2, 0.25) is 10.0 Å². The van der Waals surface area contributed by atoms with E-state index >= 15 is 0 Å². The zero-order chi connectivity index (χ0) is 14.6. The van der Waals surface area contributed by atoms with Crippen LogP contribution >= 0.6 is 0 Å². The lowest BCUT2D eigenvalue weighted by atomic mass is 10.0. The Bertz CT molecular complexity index is 554. The highest BCUT2D eigenvalue weighted by Crippen LogP contribution is 2.16. The molecule has 0 spiro atoms. The molecule has 1 fully saturated rings. The Morgan fingerprint density at radius 2 is 2.20 bits per heavy atom. The molecule has 1 saturated heterocycles. The van der Waals surface area contributed by atoms with E-state index in [0.717, 1.165) is 25.8 Å². The average Bonchev–Trinajstić information content (AvgIpc) is 2.42. The summed E-state index contributed by atoms with van der Waals surface area (Å²) in [6, 6.07) is 4.51. The van der Waals surface area contributed by atoms with Crippen molar-refractivity contribution < 1.29 is 12.8 Å². The van der Waals surface area contributed by atoms with Crippen LogP contribution in [0.5, 0.6) is 0 Å². The molecule has 0 aromatic heterocycles. The van der Waals surface area contributed by atoms with E-state index in [4.69, 9.17) is 0 Å². The molecule has 6 heteroatoms. The summed E-state index contributed by atoms with van der Waals surface area (Å²) in [5, 5.41) is 3.33. The lowest BCUT2D eigenvalue weighted by Crippen LogP contribution is -2.36. The van der Waals surface area contributed by atoms with Gasteiger partial charge >= 0.3 is 0 Å². The van der Waals surface area contributed by atoms with Crippen LogP contribution in [0.2, 0.25) is 0 Å². The van der Waals surface area contributed by atoms with Crippen molar-refractivity contribution in [3.8, 4) is 0 Å². The first kappa shape index (κ1) is 15.3. The third-order valence-electron chi connectivity index (χ3n) is 3.58. The minimum atomic E-state index is -3.38. The molecule has 0 bridgehead atoms. The van der Waals surface area contributed by atoms with Crippen LogP contribution in [0, 0.1) is 12.7 Å². The Labute approximate surface area is 119 Å². The summed E-state index contributed by atoms with van der Waals surface area (Å²) >= 11 is 0. The smallest absolute Gasteiger partial charge is 0.232 e. The molecule has 112 valence electrons. The third kappa shape index (κ3) is 4.45. The number of nitrogens with one attached hydrogen (secondary N) is 2. The molecule has 0 radical (unpaired) electrons. The van der Waals surface area contributed by atoms with Crippen molar-refractivity contribution in [2.75, 3.05) is 17.0 Å². The average molecular weight is 300 g/mol. The van der Waals surface area contributed by atoms with Gasteiger partial charge in [-0.1, -0.05) is 6.42 Å². The SMILES string of the molecule is Cc1cc(NS(=O)(=O)CCC2CCCCN2)ccc1F. The van der Waals surface area contributed by atoms with E-state index in [9.17, 15) is 12.8 Å². The van der Waals surface area contributed by atoms with Gasteiger partial charge in [-0.05, 0) is 56.5 Å². The summed E-state index contributed by atoms with van der Waals surface area (Å²) in [6.45, 7) is 2.58. The molecule has 1 unspecified atom stereocenters. The van der Waals surface area contributed by atoms with E-state index in [2.05, 4.69) is 10.0 Å². The molecule has 1 atom stereocenters. The first-order valence-corrected chi connectivity index (χ1v) is 8.61. The topological polar surface area (TPSA) is 58.2 Å². The number of rotatable bonds is 5. The van der Waals surface area contributed by atoms with E-state index in [1.165, 1.54) is 18.2 Å². The van der Waals surface area contributed by atoms with Gasteiger partial charge in [-0.2, -0.15) is 0 Å². The van der Waals surface area contributed by atoms with Gasteiger partial charge < -0.3 is 5.32 Å². The predicted octanol–water partition coefficient (Wildman–Crippen LogP) is 2.41. The van der Waals surface area contributed by atoms with Gasteiger partial charge in [-0.25, -0.2) is 12.8 Å². The molecule has 1 aromatic rings. The van der Waals surface area contributed by atoms with Gasteiger partial charge in [-0.3, -0.25) is 4.72 Å². The summed E-state index contributed by atoms with van der Waals surface area (Å²) < 4.78 is 39.7. The van der Waals surface area contributed by atoms with E-state index in [1.54, 1.807) is 6.92 Å². The van der Waals surface area contributed by atoms with Crippen molar-refractivity contribution in [3.05, 3.63) is 29.6 Å².